The van der Waals surface area contributed by atoms with Gasteiger partial charge in [-0.25, -0.2) is 0 Å². The van der Waals surface area contributed by atoms with Crippen LogP contribution in [0.4, 0.5) is 18.9 Å². The molecule has 0 saturated carbocycles. The van der Waals surface area contributed by atoms with Crippen molar-refractivity contribution in [1.82, 2.24) is 0 Å². The van der Waals surface area contributed by atoms with Crippen molar-refractivity contribution in [2.24, 2.45) is 0 Å². The fraction of sp³-hybridized carbons (Fsp3) is 0.214. The number of rotatable bonds is 5. The van der Waals surface area contributed by atoms with E-state index in [0.29, 0.717) is 12.2 Å². The number of hydrogen-bond donors (Lipinski definition) is 1. The molecule has 1 aromatic carbocycles. The molecular formula is C14H12F3NO3. The maximum Gasteiger partial charge on any atom is 0.573 e. The summed E-state index contributed by atoms with van der Waals surface area (Å²) in [5.41, 5.74) is 0.237. The van der Waals surface area contributed by atoms with Crippen molar-refractivity contribution < 1.29 is 27.1 Å². The summed E-state index contributed by atoms with van der Waals surface area (Å²) < 4.78 is 45.1. The summed E-state index contributed by atoms with van der Waals surface area (Å²) in [6, 6.07) is 8.57. The van der Waals surface area contributed by atoms with Crippen LogP contribution in [0.1, 0.15) is 12.2 Å². The van der Waals surface area contributed by atoms with E-state index in [1.54, 1.807) is 12.1 Å². The Labute approximate surface area is 118 Å². The van der Waals surface area contributed by atoms with E-state index < -0.39 is 6.36 Å². The van der Waals surface area contributed by atoms with Gasteiger partial charge in [0.25, 0.3) is 0 Å². The topological polar surface area (TPSA) is 51.5 Å². The van der Waals surface area contributed by atoms with Gasteiger partial charge in [-0.2, -0.15) is 0 Å². The molecule has 1 N–H and O–H groups in total. The number of furan rings is 1. The third-order valence-electron chi connectivity index (χ3n) is 2.53. The van der Waals surface area contributed by atoms with E-state index in [1.807, 2.05) is 0 Å². The minimum Gasteiger partial charge on any atom is -0.469 e. The Morgan fingerprint density at radius 2 is 2.05 bits per heavy atom. The second-order valence-corrected chi connectivity index (χ2v) is 4.20. The average molecular weight is 299 g/mol. The minimum atomic E-state index is -4.76. The molecule has 112 valence electrons. The minimum absolute atomic E-state index is 0.165. The zero-order valence-corrected chi connectivity index (χ0v) is 10.8. The molecule has 2 rings (SSSR count). The van der Waals surface area contributed by atoms with E-state index in [4.69, 9.17) is 4.42 Å². The molecule has 0 spiro atoms. The molecule has 0 aliphatic heterocycles. The lowest BCUT2D eigenvalue weighted by molar-refractivity contribution is -0.274. The maximum absolute atomic E-state index is 12.1. The third kappa shape index (κ3) is 5.21. The van der Waals surface area contributed by atoms with Crippen LogP contribution in [0.25, 0.3) is 0 Å². The smallest absolute Gasteiger partial charge is 0.469 e. The molecule has 1 amide bonds. The van der Waals surface area contributed by atoms with Gasteiger partial charge in [-0.15, -0.1) is 13.2 Å². The lowest BCUT2D eigenvalue weighted by Crippen LogP contribution is -2.17. The number of hydrogen-bond acceptors (Lipinski definition) is 3. The number of alkyl halides is 3. The predicted octanol–water partition coefficient (Wildman–Crippen LogP) is 3.75. The van der Waals surface area contributed by atoms with Gasteiger partial charge < -0.3 is 14.5 Å². The fourth-order valence-corrected chi connectivity index (χ4v) is 1.69. The molecule has 4 nitrogen and oxygen atoms in total. The quantitative estimate of drug-likeness (QED) is 0.914. The molecule has 0 saturated heterocycles. The fourth-order valence-electron chi connectivity index (χ4n) is 1.69. The summed E-state index contributed by atoms with van der Waals surface area (Å²) in [6.07, 6.45) is -2.68. The summed E-state index contributed by atoms with van der Waals surface area (Å²) >= 11 is 0. The highest BCUT2D eigenvalue weighted by Gasteiger charge is 2.31. The van der Waals surface area contributed by atoms with Crippen molar-refractivity contribution in [2.45, 2.75) is 19.2 Å². The molecule has 0 aliphatic rings. The van der Waals surface area contributed by atoms with E-state index in [9.17, 15) is 18.0 Å². The zero-order chi connectivity index (χ0) is 15.3. The van der Waals surface area contributed by atoms with Crippen LogP contribution in [0.5, 0.6) is 5.75 Å². The Hall–Kier alpha value is -2.44. The molecular weight excluding hydrogens is 287 g/mol. The van der Waals surface area contributed by atoms with E-state index in [1.165, 1.54) is 18.4 Å². The lowest BCUT2D eigenvalue weighted by atomic mass is 10.2. The Balaban J connectivity index is 1.90. The Kier molecular flexibility index (Phi) is 4.52. The Morgan fingerprint density at radius 3 is 2.71 bits per heavy atom. The van der Waals surface area contributed by atoms with Crippen LogP contribution in [0.15, 0.2) is 47.1 Å². The first-order valence-electron chi connectivity index (χ1n) is 6.10. The number of anilines is 1. The summed E-state index contributed by atoms with van der Waals surface area (Å²) in [5.74, 6) is -0.0406. The molecule has 0 atom stereocenters. The maximum atomic E-state index is 12.1. The number of nitrogens with one attached hydrogen (secondary N) is 1. The molecule has 0 bridgehead atoms. The van der Waals surface area contributed by atoms with Gasteiger partial charge in [0.05, 0.1) is 6.26 Å². The lowest BCUT2D eigenvalue weighted by Gasteiger charge is -2.10. The van der Waals surface area contributed by atoms with Gasteiger partial charge in [0, 0.05) is 24.6 Å². The normalized spacial score (nSPS) is 11.2. The van der Waals surface area contributed by atoms with Crippen LogP contribution in [-0.2, 0) is 11.2 Å². The molecule has 0 aliphatic carbocycles. The molecule has 0 fully saturated rings. The second-order valence-electron chi connectivity index (χ2n) is 4.20. The number of ether oxygens (including phenoxy) is 1. The van der Waals surface area contributed by atoms with Crippen LogP contribution in [0.3, 0.4) is 0 Å². The van der Waals surface area contributed by atoms with Crippen LogP contribution in [-0.4, -0.2) is 12.3 Å². The Morgan fingerprint density at radius 1 is 1.24 bits per heavy atom. The molecule has 2 aromatic rings. The number of carbonyl (C=O) groups is 1. The van der Waals surface area contributed by atoms with Crippen molar-refractivity contribution >= 4 is 11.6 Å². The van der Waals surface area contributed by atoms with Crippen LogP contribution in [0, 0.1) is 0 Å². The predicted molar refractivity (Wildman–Crippen MR) is 68.8 cm³/mol. The highest BCUT2D eigenvalue weighted by Crippen LogP contribution is 2.25. The number of halogens is 3. The highest BCUT2D eigenvalue weighted by molar-refractivity contribution is 5.90. The Bertz CT molecular complexity index is 594. The van der Waals surface area contributed by atoms with Gasteiger partial charge >= 0.3 is 6.36 Å². The van der Waals surface area contributed by atoms with Crippen molar-refractivity contribution in [3.8, 4) is 5.75 Å². The third-order valence-corrected chi connectivity index (χ3v) is 2.53. The summed E-state index contributed by atoms with van der Waals surface area (Å²) in [4.78, 5) is 11.7. The van der Waals surface area contributed by atoms with Gasteiger partial charge in [-0.1, -0.05) is 6.07 Å². The summed E-state index contributed by atoms with van der Waals surface area (Å²) in [5, 5.41) is 2.50. The number of carbonyl (C=O) groups excluding carboxylic acids is 1. The van der Waals surface area contributed by atoms with Gasteiger partial charge in [-0.05, 0) is 24.3 Å². The van der Waals surface area contributed by atoms with E-state index in [0.717, 1.165) is 12.1 Å². The average Bonchev–Trinajstić information content (AvgIpc) is 2.87. The number of amides is 1. The zero-order valence-electron chi connectivity index (χ0n) is 10.8. The largest absolute Gasteiger partial charge is 0.573 e. The SMILES string of the molecule is O=C(CCc1ccco1)Nc1cccc(OC(F)(F)F)c1. The van der Waals surface area contributed by atoms with Gasteiger partial charge in [0.1, 0.15) is 11.5 Å². The number of aryl methyl sites for hydroxylation is 1. The molecule has 0 unspecified atom stereocenters. The monoisotopic (exact) mass is 299 g/mol. The number of benzene rings is 1. The first-order chi connectivity index (χ1) is 9.92. The van der Waals surface area contributed by atoms with Crippen molar-refractivity contribution in [3.05, 3.63) is 48.4 Å². The first-order valence-corrected chi connectivity index (χ1v) is 6.10. The second kappa shape index (κ2) is 6.34. The van der Waals surface area contributed by atoms with E-state index in [-0.39, 0.29) is 23.8 Å². The molecule has 1 aromatic heterocycles. The molecule has 21 heavy (non-hydrogen) atoms. The van der Waals surface area contributed by atoms with Crippen LogP contribution >= 0.6 is 0 Å². The first kappa shape index (κ1) is 15.0. The summed E-state index contributed by atoms with van der Waals surface area (Å²) in [7, 11) is 0. The van der Waals surface area contributed by atoms with Crippen molar-refractivity contribution in [2.75, 3.05) is 5.32 Å². The van der Waals surface area contributed by atoms with Gasteiger partial charge in [0.2, 0.25) is 5.91 Å². The van der Waals surface area contributed by atoms with Gasteiger partial charge in [0.15, 0.2) is 0 Å². The van der Waals surface area contributed by atoms with Crippen molar-refractivity contribution in [1.29, 1.82) is 0 Å². The van der Waals surface area contributed by atoms with Crippen molar-refractivity contribution in [3.63, 3.8) is 0 Å². The highest BCUT2D eigenvalue weighted by atomic mass is 19.4. The standard InChI is InChI=1S/C14H12F3NO3/c15-14(16,17)21-12-4-1-3-10(9-12)18-13(19)7-6-11-5-2-8-20-11/h1-5,8-9H,6-7H2,(H,18,19). The molecule has 7 heteroatoms. The molecule has 0 radical (unpaired) electrons. The summed E-state index contributed by atoms with van der Waals surface area (Å²) in [6.45, 7) is 0. The van der Waals surface area contributed by atoms with Crippen LogP contribution in [0.2, 0.25) is 0 Å². The molecule has 1 heterocycles. The van der Waals surface area contributed by atoms with Crippen LogP contribution < -0.4 is 10.1 Å². The van der Waals surface area contributed by atoms with Gasteiger partial charge in [-0.3, -0.25) is 4.79 Å². The van der Waals surface area contributed by atoms with E-state index in [2.05, 4.69) is 10.1 Å². The van der Waals surface area contributed by atoms with E-state index >= 15 is 0 Å².